The molecule has 0 aliphatic heterocycles. The number of nitrogens with one attached hydrogen (secondary N) is 1. The van der Waals surface area contributed by atoms with Gasteiger partial charge in [0, 0.05) is 17.6 Å². The number of rotatable bonds is 5. The summed E-state index contributed by atoms with van der Waals surface area (Å²) < 4.78 is 27.5. The van der Waals surface area contributed by atoms with Gasteiger partial charge in [0.1, 0.15) is 5.01 Å². The molecule has 1 aromatic carbocycles. The molecule has 0 saturated heterocycles. The molecule has 7 heteroatoms. The van der Waals surface area contributed by atoms with Gasteiger partial charge in [-0.25, -0.2) is 18.1 Å². The Hall–Kier alpha value is -1.28. The Bertz CT molecular complexity index is 752. The van der Waals surface area contributed by atoms with Crippen molar-refractivity contribution in [2.24, 2.45) is 5.73 Å². The predicted molar refractivity (Wildman–Crippen MR) is 84.7 cm³/mol. The first-order valence-electron chi connectivity index (χ1n) is 6.54. The van der Waals surface area contributed by atoms with Gasteiger partial charge in [0.25, 0.3) is 0 Å². The Labute approximate surface area is 129 Å². The zero-order valence-electron chi connectivity index (χ0n) is 12.3. The Kier molecular flexibility index (Phi) is 4.77. The van der Waals surface area contributed by atoms with Crippen LogP contribution in [0.5, 0.6) is 0 Å². The highest BCUT2D eigenvalue weighted by molar-refractivity contribution is 7.89. The quantitative estimate of drug-likeness (QED) is 0.880. The average molecular weight is 325 g/mol. The molecule has 0 amide bonds. The Morgan fingerprint density at radius 1 is 1.24 bits per heavy atom. The number of thiazole rings is 1. The van der Waals surface area contributed by atoms with Gasteiger partial charge in [-0.2, -0.15) is 0 Å². The molecule has 0 bridgehead atoms. The summed E-state index contributed by atoms with van der Waals surface area (Å²) in [4.78, 5) is 5.49. The van der Waals surface area contributed by atoms with Crippen molar-refractivity contribution in [1.82, 2.24) is 9.71 Å². The lowest BCUT2D eigenvalue weighted by atomic mass is 10.1. The molecule has 0 atom stereocenters. The summed E-state index contributed by atoms with van der Waals surface area (Å²) in [5.74, 6) is 0. The van der Waals surface area contributed by atoms with Gasteiger partial charge in [-0.3, -0.25) is 0 Å². The van der Waals surface area contributed by atoms with Crippen molar-refractivity contribution in [1.29, 1.82) is 0 Å². The SMILES string of the molecule is Cc1cnc(CNS(=O)(=O)c2cc(CN)c(C)cc2C)s1. The summed E-state index contributed by atoms with van der Waals surface area (Å²) in [6, 6.07) is 3.50. The van der Waals surface area contributed by atoms with Crippen LogP contribution in [0.25, 0.3) is 0 Å². The van der Waals surface area contributed by atoms with Gasteiger partial charge in [0.15, 0.2) is 0 Å². The van der Waals surface area contributed by atoms with E-state index in [1.807, 2.05) is 19.9 Å². The minimum atomic E-state index is -3.57. The maximum absolute atomic E-state index is 12.4. The van der Waals surface area contributed by atoms with E-state index in [2.05, 4.69) is 9.71 Å². The number of hydrogen-bond donors (Lipinski definition) is 2. The van der Waals surface area contributed by atoms with Crippen molar-refractivity contribution < 1.29 is 8.42 Å². The first kappa shape index (κ1) is 16.1. The van der Waals surface area contributed by atoms with E-state index >= 15 is 0 Å². The maximum atomic E-state index is 12.4. The topological polar surface area (TPSA) is 85.1 Å². The second-order valence-electron chi connectivity index (χ2n) is 4.94. The number of nitrogens with zero attached hydrogens (tertiary/aromatic N) is 1. The van der Waals surface area contributed by atoms with Crippen LogP contribution in [0.3, 0.4) is 0 Å². The van der Waals surface area contributed by atoms with Crippen molar-refractivity contribution in [2.75, 3.05) is 0 Å². The number of sulfonamides is 1. The molecule has 3 N–H and O–H groups in total. The van der Waals surface area contributed by atoms with E-state index < -0.39 is 10.0 Å². The molecule has 114 valence electrons. The zero-order valence-corrected chi connectivity index (χ0v) is 13.9. The lowest BCUT2D eigenvalue weighted by Crippen LogP contribution is -2.24. The molecular weight excluding hydrogens is 306 g/mol. The number of hydrogen-bond acceptors (Lipinski definition) is 5. The summed E-state index contributed by atoms with van der Waals surface area (Å²) in [6.07, 6.45) is 1.73. The van der Waals surface area contributed by atoms with Crippen LogP contribution in [0.4, 0.5) is 0 Å². The van der Waals surface area contributed by atoms with Crippen LogP contribution in [0.2, 0.25) is 0 Å². The summed E-state index contributed by atoms with van der Waals surface area (Å²) in [5, 5.41) is 0.750. The molecule has 5 nitrogen and oxygen atoms in total. The Morgan fingerprint density at radius 2 is 1.95 bits per heavy atom. The van der Waals surface area contributed by atoms with Crippen LogP contribution < -0.4 is 10.5 Å². The van der Waals surface area contributed by atoms with E-state index in [9.17, 15) is 8.42 Å². The van der Waals surface area contributed by atoms with Crippen LogP contribution in [0.1, 0.15) is 26.6 Å². The third kappa shape index (κ3) is 3.68. The molecule has 0 radical (unpaired) electrons. The van der Waals surface area contributed by atoms with E-state index in [4.69, 9.17) is 5.73 Å². The second-order valence-corrected chi connectivity index (χ2v) is 7.99. The maximum Gasteiger partial charge on any atom is 0.241 e. The third-order valence-corrected chi connectivity index (χ3v) is 5.68. The van der Waals surface area contributed by atoms with Crippen LogP contribution in [0, 0.1) is 20.8 Å². The highest BCUT2D eigenvalue weighted by atomic mass is 32.2. The predicted octanol–water partition coefficient (Wildman–Crippen LogP) is 2.01. The monoisotopic (exact) mass is 325 g/mol. The van der Waals surface area contributed by atoms with Crippen molar-refractivity contribution in [3.63, 3.8) is 0 Å². The van der Waals surface area contributed by atoms with E-state index in [0.29, 0.717) is 12.1 Å². The van der Waals surface area contributed by atoms with Gasteiger partial charge in [-0.1, -0.05) is 6.07 Å². The largest absolute Gasteiger partial charge is 0.326 e. The normalized spacial score (nSPS) is 11.8. The van der Waals surface area contributed by atoms with Gasteiger partial charge in [0.2, 0.25) is 10.0 Å². The summed E-state index contributed by atoms with van der Waals surface area (Å²) in [6.45, 7) is 6.17. The van der Waals surface area contributed by atoms with Crippen molar-refractivity contribution in [3.8, 4) is 0 Å². The molecule has 2 rings (SSSR count). The molecule has 0 aliphatic rings. The molecule has 21 heavy (non-hydrogen) atoms. The molecule has 0 fully saturated rings. The van der Waals surface area contributed by atoms with Crippen molar-refractivity contribution >= 4 is 21.4 Å². The van der Waals surface area contributed by atoms with Gasteiger partial charge < -0.3 is 5.73 Å². The van der Waals surface area contributed by atoms with Gasteiger partial charge in [0.05, 0.1) is 11.4 Å². The third-order valence-electron chi connectivity index (χ3n) is 3.23. The summed E-state index contributed by atoms with van der Waals surface area (Å²) in [5.41, 5.74) is 8.22. The van der Waals surface area contributed by atoms with Crippen LogP contribution in [0.15, 0.2) is 23.2 Å². The molecule has 1 heterocycles. The number of benzene rings is 1. The standard InChI is InChI=1S/C14H19N3O2S2/c1-9-4-10(2)13(5-12(9)6-15)21(18,19)17-8-14-16-7-11(3)20-14/h4-5,7,17H,6,8,15H2,1-3H3. The zero-order chi connectivity index (χ0) is 15.6. The summed E-state index contributed by atoms with van der Waals surface area (Å²) in [7, 11) is -3.57. The number of aryl methyl sites for hydroxylation is 3. The Morgan fingerprint density at radius 3 is 2.52 bits per heavy atom. The first-order chi connectivity index (χ1) is 9.83. The fourth-order valence-corrected chi connectivity index (χ4v) is 4.18. The van der Waals surface area contributed by atoms with E-state index in [1.165, 1.54) is 11.3 Å². The van der Waals surface area contributed by atoms with Gasteiger partial charge >= 0.3 is 0 Å². The van der Waals surface area contributed by atoms with Crippen LogP contribution in [-0.4, -0.2) is 13.4 Å². The molecule has 1 aromatic heterocycles. The van der Waals surface area contributed by atoms with E-state index in [1.54, 1.807) is 19.2 Å². The summed E-state index contributed by atoms with van der Waals surface area (Å²) >= 11 is 1.48. The fraction of sp³-hybridized carbons (Fsp3) is 0.357. The lowest BCUT2D eigenvalue weighted by Gasteiger charge is -2.12. The number of nitrogens with two attached hydrogens (primary N) is 1. The molecule has 2 aromatic rings. The average Bonchev–Trinajstić information content (AvgIpc) is 2.82. The highest BCUT2D eigenvalue weighted by Gasteiger charge is 2.18. The fourth-order valence-electron chi connectivity index (χ4n) is 2.10. The highest BCUT2D eigenvalue weighted by Crippen LogP contribution is 2.21. The van der Waals surface area contributed by atoms with Gasteiger partial charge in [-0.15, -0.1) is 11.3 Å². The molecule has 0 aliphatic carbocycles. The Balaban J connectivity index is 2.27. The molecule has 0 spiro atoms. The van der Waals surface area contributed by atoms with Crippen molar-refractivity contribution in [3.05, 3.63) is 44.9 Å². The van der Waals surface area contributed by atoms with Crippen LogP contribution in [-0.2, 0) is 23.1 Å². The first-order valence-corrected chi connectivity index (χ1v) is 8.84. The molecule has 0 saturated carbocycles. The minimum absolute atomic E-state index is 0.201. The van der Waals surface area contributed by atoms with Crippen molar-refractivity contribution in [2.45, 2.75) is 38.8 Å². The second kappa shape index (κ2) is 6.23. The molecular formula is C14H19N3O2S2. The molecule has 0 unspecified atom stereocenters. The van der Waals surface area contributed by atoms with Gasteiger partial charge in [-0.05, 0) is 43.5 Å². The minimum Gasteiger partial charge on any atom is -0.326 e. The van der Waals surface area contributed by atoms with E-state index in [-0.39, 0.29) is 11.4 Å². The smallest absolute Gasteiger partial charge is 0.241 e. The van der Waals surface area contributed by atoms with E-state index in [0.717, 1.165) is 21.0 Å². The lowest BCUT2D eigenvalue weighted by molar-refractivity contribution is 0.580. The van der Waals surface area contributed by atoms with Crippen LogP contribution >= 0.6 is 11.3 Å². The number of aromatic nitrogens is 1.